The molecule has 156 valence electrons. The van der Waals surface area contributed by atoms with Crippen LogP contribution in [0.4, 0.5) is 10.1 Å². The largest absolute Gasteiger partial charge is 0.494 e. The van der Waals surface area contributed by atoms with Gasteiger partial charge in [0.1, 0.15) is 11.6 Å². The Kier molecular flexibility index (Phi) is 5.67. The molecule has 1 aliphatic carbocycles. The lowest BCUT2D eigenvalue weighted by Gasteiger charge is -2.36. The minimum Gasteiger partial charge on any atom is -0.494 e. The molecule has 1 saturated heterocycles. The van der Waals surface area contributed by atoms with Crippen LogP contribution in [0.2, 0.25) is 0 Å². The van der Waals surface area contributed by atoms with Crippen LogP contribution in [0.5, 0.6) is 17.5 Å². The number of anilines is 1. The second-order valence-corrected chi connectivity index (χ2v) is 7.63. The number of fused-ring (bicyclic) bond motifs is 1. The van der Waals surface area contributed by atoms with Gasteiger partial charge >= 0.3 is 0 Å². The molecule has 2 aliphatic rings. The molecule has 4 rings (SSSR count). The van der Waals surface area contributed by atoms with Crippen molar-refractivity contribution in [1.82, 2.24) is 9.47 Å². The second kappa shape index (κ2) is 8.37. The zero-order chi connectivity index (χ0) is 20.4. The summed E-state index contributed by atoms with van der Waals surface area (Å²) >= 11 is 0. The van der Waals surface area contributed by atoms with Crippen molar-refractivity contribution in [2.75, 3.05) is 44.7 Å². The van der Waals surface area contributed by atoms with Crippen molar-refractivity contribution in [3.8, 4) is 17.5 Å². The highest BCUT2D eigenvalue weighted by Crippen LogP contribution is 2.37. The topological polar surface area (TPSA) is 61.1 Å². The van der Waals surface area contributed by atoms with Gasteiger partial charge in [-0.3, -0.25) is 9.47 Å². The van der Waals surface area contributed by atoms with Crippen LogP contribution in [0, 0.1) is 5.82 Å². The maximum atomic E-state index is 13.4. The summed E-state index contributed by atoms with van der Waals surface area (Å²) in [6.45, 7) is 5.00. The van der Waals surface area contributed by atoms with Crippen molar-refractivity contribution in [2.45, 2.75) is 25.8 Å². The van der Waals surface area contributed by atoms with Gasteiger partial charge in [0.2, 0.25) is 0 Å². The van der Waals surface area contributed by atoms with Gasteiger partial charge in [-0.25, -0.2) is 4.39 Å². The average molecular weight is 401 g/mol. The van der Waals surface area contributed by atoms with Crippen molar-refractivity contribution in [1.29, 1.82) is 0 Å². The molecule has 2 heterocycles. The summed E-state index contributed by atoms with van der Waals surface area (Å²) in [5.41, 5.74) is 2.63. The molecule has 1 fully saturated rings. The average Bonchev–Trinajstić information content (AvgIpc) is 2.99. The molecule has 6 nitrogen and oxygen atoms in total. The predicted molar refractivity (Wildman–Crippen MR) is 111 cm³/mol. The number of benzene rings is 1. The Balaban J connectivity index is 1.30. The number of piperazine rings is 1. The molecule has 0 spiro atoms. The van der Waals surface area contributed by atoms with Gasteiger partial charge in [0.15, 0.2) is 11.8 Å². The van der Waals surface area contributed by atoms with E-state index in [1.165, 1.54) is 12.1 Å². The van der Waals surface area contributed by atoms with Crippen LogP contribution in [0.25, 0.3) is 0 Å². The number of methoxy groups -OCH3 is 1. The van der Waals surface area contributed by atoms with E-state index >= 15 is 0 Å². The van der Waals surface area contributed by atoms with Gasteiger partial charge in [-0.1, -0.05) is 12.2 Å². The van der Waals surface area contributed by atoms with E-state index in [0.717, 1.165) is 56.0 Å². The Labute approximate surface area is 170 Å². The molecular weight excluding hydrogens is 373 g/mol. The Morgan fingerprint density at radius 1 is 0.966 bits per heavy atom. The first-order valence-electron chi connectivity index (χ1n) is 10.2. The molecule has 0 amide bonds. The molecule has 0 atom stereocenters. The molecule has 0 unspecified atom stereocenters. The summed E-state index contributed by atoms with van der Waals surface area (Å²) in [4.78, 5) is 4.60. The Hall–Kier alpha value is -2.67. The lowest BCUT2D eigenvalue weighted by Crippen LogP contribution is -2.46. The van der Waals surface area contributed by atoms with Crippen molar-refractivity contribution in [2.24, 2.45) is 0 Å². The van der Waals surface area contributed by atoms with Gasteiger partial charge in [0.25, 0.3) is 0 Å². The number of halogens is 1. The standard InChI is InChI=1S/C22H28FN3O3/c1-29-20-15-16(23)7-8-19(20)25-13-11-24(12-14-25)9-4-10-26-21(27)17-5-2-3-6-18(17)22(26)28/h2-3,7-8,15,27-28H,4-6,9-14H2,1H3. The lowest BCUT2D eigenvalue weighted by molar-refractivity contribution is 0.245. The summed E-state index contributed by atoms with van der Waals surface area (Å²) in [7, 11) is 1.56. The Morgan fingerprint density at radius 3 is 2.24 bits per heavy atom. The minimum absolute atomic E-state index is 0.204. The molecule has 7 heteroatoms. The Bertz CT molecular complexity index is 870. The number of nitrogens with zero attached hydrogens (tertiary/aromatic N) is 3. The molecule has 29 heavy (non-hydrogen) atoms. The molecule has 0 bridgehead atoms. The van der Waals surface area contributed by atoms with Crippen LogP contribution < -0.4 is 9.64 Å². The van der Waals surface area contributed by atoms with Crippen molar-refractivity contribution < 1.29 is 19.3 Å². The van der Waals surface area contributed by atoms with Crippen molar-refractivity contribution in [3.05, 3.63) is 47.3 Å². The second-order valence-electron chi connectivity index (χ2n) is 7.63. The van der Waals surface area contributed by atoms with Crippen LogP contribution >= 0.6 is 0 Å². The third-order valence-electron chi connectivity index (χ3n) is 5.94. The van der Waals surface area contributed by atoms with E-state index in [9.17, 15) is 14.6 Å². The van der Waals surface area contributed by atoms with E-state index in [2.05, 4.69) is 9.80 Å². The van der Waals surface area contributed by atoms with E-state index in [4.69, 9.17) is 4.74 Å². The van der Waals surface area contributed by atoms with E-state index in [-0.39, 0.29) is 17.6 Å². The molecule has 0 saturated carbocycles. The molecule has 2 aromatic rings. The van der Waals surface area contributed by atoms with Crippen LogP contribution in [0.15, 0.2) is 30.4 Å². The maximum absolute atomic E-state index is 13.4. The fourth-order valence-corrected chi connectivity index (χ4v) is 4.32. The molecule has 1 aromatic carbocycles. The monoisotopic (exact) mass is 401 g/mol. The fraction of sp³-hybridized carbons (Fsp3) is 0.455. The van der Waals surface area contributed by atoms with Gasteiger partial charge in [0, 0.05) is 49.9 Å². The van der Waals surface area contributed by atoms with Gasteiger partial charge in [-0.05, 0) is 37.9 Å². The predicted octanol–water partition coefficient (Wildman–Crippen LogP) is 2.91. The number of allylic oxidation sites excluding steroid dienone is 2. The molecular formula is C22H28FN3O3. The minimum atomic E-state index is -0.293. The lowest BCUT2D eigenvalue weighted by atomic mass is 10.0. The number of aromatic hydroxyl groups is 2. The zero-order valence-corrected chi connectivity index (χ0v) is 16.8. The SMILES string of the molecule is COc1cc(F)ccc1N1CCN(CCCn2c(O)c3c(c2O)CC=CC3)CC1. The van der Waals surface area contributed by atoms with Gasteiger partial charge in [0.05, 0.1) is 12.8 Å². The number of hydrogen-bond donors (Lipinski definition) is 2. The third kappa shape index (κ3) is 3.92. The van der Waals surface area contributed by atoms with Crippen LogP contribution in [-0.4, -0.2) is 59.5 Å². The number of rotatable bonds is 6. The quantitative estimate of drug-likeness (QED) is 0.729. The van der Waals surface area contributed by atoms with E-state index in [1.54, 1.807) is 17.7 Å². The zero-order valence-electron chi connectivity index (χ0n) is 16.8. The summed E-state index contributed by atoms with van der Waals surface area (Å²) in [5.74, 6) is 0.679. The normalized spacial score (nSPS) is 16.8. The number of ether oxygens (including phenoxy) is 1. The summed E-state index contributed by atoms with van der Waals surface area (Å²) < 4.78 is 20.4. The first-order chi connectivity index (χ1) is 14.1. The first kappa shape index (κ1) is 19.6. The first-order valence-corrected chi connectivity index (χ1v) is 10.2. The molecule has 0 radical (unpaired) electrons. The van der Waals surface area contributed by atoms with Crippen LogP contribution in [0.1, 0.15) is 17.5 Å². The number of aromatic nitrogens is 1. The van der Waals surface area contributed by atoms with Crippen LogP contribution in [-0.2, 0) is 19.4 Å². The van der Waals surface area contributed by atoms with Crippen molar-refractivity contribution in [3.63, 3.8) is 0 Å². The number of hydrogen-bond acceptors (Lipinski definition) is 5. The Morgan fingerprint density at radius 2 is 1.62 bits per heavy atom. The maximum Gasteiger partial charge on any atom is 0.197 e. The van der Waals surface area contributed by atoms with E-state index in [0.29, 0.717) is 25.1 Å². The van der Waals surface area contributed by atoms with Crippen LogP contribution in [0.3, 0.4) is 0 Å². The van der Waals surface area contributed by atoms with Gasteiger partial charge in [-0.2, -0.15) is 0 Å². The smallest absolute Gasteiger partial charge is 0.197 e. The molecule has 1 aromatic heterocycles. The highest BCUT2D eigenvalue weighted by molar-refractivity contribution is 5.59. The summed E-state index contributed by atoms with van der Waals surface area (Å²) in [6, 6.07) is 4.67. The van der Waals surface area contributed by atoms with E-state index < -0.39 is 0 Å². The summed E-state index contributed by atoms with van der Waals surface area (Å²) in [6.07, 6.45) is 6.26. The van der Waals surface area contributed by atoms with Gasteiger partial charge < -0.3 is 19.8 Å². The fourth-order valence-electron chi connectivity index (χ4n) is 4.32. The molecule has 1 aliphatic heterocycles. The highest BCUT2D eigenvalue weighted by Gasteiger charge is 2.23. The van der Waals surface area contributed by atoms with Gasteiger partial charge in [-0.15, -0.1) is 0 Å². The highest BCUT2D eigenvalue weighted by atomic mass is 19.1. The summed E-state index contributed by atoms with van der Waals surface area (Å²) in [5, 5.41) is 20.9. The third-order valence-corrected chi connectivity index (χ3v) is 5.94. The molecule has 2 N–H and O–H groups in total. The van der Waals surface area contributed by atoms with E-state index in [1.807, 2.05) is 12.2 Å². The van der Waals surface area contributed by atoms with Crippen molar-refractivity contribution >= 4 is 5.69 Å².